The van der Waals surface area contributed by atoms with Gasteiger partial charge in [0, 0.05) is 13.5 Å². The van der Waals surface area contributed by atoms with E-state index in [1.54, 1.807) is 0 Å². The summed E-state index contributed by atoms with van der Waals surface area (Å²) >= 11 is 0. The number of carbonyl (C=O) groups excluding carboxylic acids is 1. The molecule has 0 bridgehead atoms. The number of hydrogen-bond donors (Lipinski definition) is 1. The molecule has 1 aliphatic carbocycles. The van der Waals surface area contributed by atoms with Gasteiger partial charge in [0.1, 0.15) is 5.60 Å². The Morgan fingerprint density at radius 2 is 1.40 bits per heavy atom. The Labute approximate surface area is 157 Å². The minimum atomic E-state index is -0.328. The Morgan fingerprint density at radius 3 is 1.60 bits per heavy atom. The first-order valence-corrected chi connectivity index (χ1v) is 9.82. The molecule has 25 heavy (non-hydrogen) atoms. The summed E-state index contributed by atoms with van der Waals surface area (Å²) in [5, 5.41) is 9.04. The molecule has 0 amide bonds. The number of carbonyl (C=O) groups is 1. The number of aliphatic hydroxyl groups excluding tert-OH is 1. The maximum atomic E-state index is 10.2. The van der Waals surface area contributed by atoms with Gasteiger partial charge in [-0.2, -0.15) is 0 Å². The molecule has 1 fully saturated rings. The molecule has 0 aromatic heterocycles. The molecule has 0 aliphatic heterocycles. The van der Waals surface area contributed by atoms with Crippen molar-refractivity contribution in [3.05, 3.63) is 0 Å². The fraction of sp³-hybridized carbons (Fsp3) is 0.952. The Kier molecular flexibility index (Phi) is 17.0. The molecule has 4 heteroatoms. The largest absolute Gasteiger partial charge is 0.460 e. The SMILES string of the molecule is CC.CC.CC(=O)OC(C)(C)C.C[C@@H]1C[C@H](CO)C[C@@H]1OC(C)(C)C. The highest BCUT2D eigenvalue weighted by molar-refractivity contribution is 5.66. The maximum Gasteiger partial charge on any atom is 0.303 e. The van der Waals surface area contributed by atoms with E-state index in [-0.39, 0.29) is 17.2 Å². The fourth-order valence-electron chi connectivity index (χ4n) is 2.53. The van der Waals surface area contributed by atoms with Gasteiger partial charge in [0.15, 0.2) is 0 Å². The Balaban J connectivity index is -0.000000348. The molecule has 0 saturated heterocycles. The molecule has 1 aliphatic rings. The Morgan fingerprint density at radius 1 is 0.960 bits per heavy atom. The van der Waals surface area contributed by atoms with E-state index < -0.39 is 0 Å². The lowest BCUT2D eigenvalue weighted by Gasteiger charge is -2.27. The smallest absolute Gasteiger partial charge is 0.303 e. The minimum Gasteiger partial charge on any atom is -0.460 e. The number of aliphatic hydroxyl groups is 1. The third kappa shape index (κ3) is 19.6. The predicted molar refractivity (Wildman–Crippen MR) is 108 cm³/mol. The first kappa shape index (κ1) is 29.2. The van der Waals surface area contributed by atoms with E-state index in [4.69, 9.17) is 14.6 Å². The molecule has 0 spiro atoms. The molecule has 0 unspecified atom stereocenters. The van der Waals surface area contributed by atoms with Crippen LogP contribution in [-0.2, 0) is 14.3 Å². The summed E-state index contributed by atoms with van der Waals surface area (Å²) in [7, 11) is 0. The van der Waals surface area contributed by atoms with Crippen LogP contribution in [0.2, 0.25) is 0 Å². The van der Waals surface area contributed by atoms with Crippen molar-refractivity contribution in [3.8, 4) is 0 Å². The predicted octanol–water partition coefficient (Wildman–Crippen LogP) is 5.61. The molecular formula is C21H46O4. The number of rotatable bonds is 2. The van der Waals surface area contributed by atoms with E-state index in [2.05, 4.69) is 27.7 Å². The van der Waals surface area contributed by atoms with E-state index in [0.717, 1.165) is 12.8 Å². The van der Waals surface area contributed by atoms with E-state index in [1.165, 1.54) is 6.92 Å². The van der Waals surface area contributed by atoms with Crippen LogP contribution < -0.4 is 0 Å². The van der Waals surface area contributed by atoms with Crippen molar-refractivity contribution in [3.63, 3.8) is 0 Å². The van der Waals surface area contributed by atoms with Crippen LogP contribution in [0.4, 0.5) is 0 Å². The summed E-state index contributed by atoms with van der Waals surface area (Å²) in [4.78, 5) is 10.2. The number of ether oxygens (including phenoxy) is 2. The molecule has 1 N–H and O–H groups in total. The lowest BCUT2D eigenvalue weighted by atomic mass is 10.1. The second kappa shape index (κ2) is 14.5. The second-order valence-corrected chi connectivity index (χ2v) is 7.97. The average molecular weight is 363 g/mol. The van der Waals surface area contributed by atoms with Crippen molar-refractivity contribution in [2.75, 3.05) is 6.61 Å². The van der Waals surface area contributed by atoms with Gasteiger partial charge in [0.25, 0.3) is 0 Å². The summed E-state index contributed by atoms with van der Waals surface area (Å²) in [6, 6.07) is 0. The van der Waals surface area contributed by atoms with Crippen LogP contribution in [0.1, 0.15) is 95.9 Å². The van der Waals surface area contributed by atoms with Gasteiger partial charge >= 0.3 is 5.97 Å². The summed E-state index contributed by atoms with van der Waals surface area (Å²) in [5.74, 6) is 0.830. The van der Waals surface area contributed by atoms with Crippen LogP contribution in [0.15, 0.2) is 0 Å². The molecule has 154 valence electrons. The molecule has 0 heterocycles. The van der Waals surface area contributed by atoms with Gasteiger partial charge in [0.2, 0.25) is 0 Å². The summed E-state index contributed by atoms with van der Waals surface area (Å²) in [6.45, 7) is 23.7. The summed E-state index contributed by atoms with van der Waals surface area (Å²) in [5.41, 5.74) is -0.380. The first-order valence-electron chi connectivity index (χ1n) is 9.82. The zero-order chi connectivity index (χ0) is 20.8. The lowest BCUT2D eigenvalue weighted by Crippen LogP contribution is -2.29. The fourth-order valence-corrected chi connectivity index (χ4v) is 2.53. The highest BCUT2D eigenvalue weighted by atomic mass is 16.6. The second-order valence-electron chi connectivity index (χ2n) is 7.97. The first-order chi connectivity index (χ1) is 11.3. The van der Waals surface area contributed by atoms with Crippen molar-refractivity contribution in [2.24, 2.45) is 11.8 Å². The topological polar surface area (TPSA) is 55.8 Å². The van der Waals surface area contributed by atoms with Crippen LogP contribution in [0.25, 0.3) is 0 Å². The molecule has 0 aromatic carbocycles. The van der Waals surface area contributed by atoms with Crippen LogP contribution in [0, 0.1) is 11.8 Å². The molecule has 0 aromatic rings. The van der Waals surface area contributed by atoms with Gasteiger partial charge in [-0.3, -0.25) is 4.79 Å². The van der Waals surface area contributed by atoms with Crippen molar-refractivity contribution < 1.29 is 19.4 Å². The van der Waals surface area contributed by atoms with Crippen molar-refractivity contribution in [1.82, 2.24) is 0 Å². The Hall–Kier alpha value is -0.610. The molecule has 1 saturated carbocycles. The third-order valence-corrected chi connectivity index (χ3v) is 3.12. The van der Waals surface area contributed by atoms with E-state index >= 15 is 0 Å². The van der Waals surface area contributed by atoms with Gasteiger partial charge in [0.05, 0.1) is 11.7 Å². The maximum absolute atomic E-state index is 10.2. The van der Waals surface area contributed by atoms with Gasteiger partial charge in [-0.05, 0) is 66.2 Å². The zero-order valence-corrected chi connectivity index (χ0v) is 19.0. The van der Waals surface area contributed by atoms with Gasteiger partial charge < -0.3 is 14.6 Å². The van der Waals surface area contributed by atoms with Gasteiger partial charge in [-0.15, -0.1) is 0 Å². The molecule has 1 rings (SSSR count). The van der Waals surface area contributed by atoms with Gasteiger partial charge in [-0.1, -0.05) is 34.6 Å². The molecular weight excluding hydrogens is 316 g/mol. The van der Waals surface area contributed by atoms with Crippen molar-refractivity contribution >= 4 is 5.97 Å². The van der Waals surface area contributed by atoms with Crippen LogP contribution in [0.5, 0.6) is 0 Å². The lowest BCUT2D eigenvalue weighted by molar-refractivity contribution is -0.151. The van der Waals surface area contributed by atoms with Crippen molar-refractivity contribution in [2.45, 2.75) is 113 Å². The van der Waals surface area contributed by atoms with Crippen LogP contribution in [-0.4, -0.2) is 35.0 Å². The Bertz CT molecular complexity index is 313. The molecule has 3 atom stereocenters. The monoisotopic (exact) mass is 362 g/mol. The third-order valence-electron chi connectivity index (χ3n) is 3.12. The average Bonchev–Trinajstić information content (AvgIpc) is 2.80. The highest BCUT2D eigenvalue weighted by Gasteiger charge is 2.33. The normalized spacial score (nSPS) is 22.4. The summed E-state index contributed by atoms with van der Waals surface area (Å²) < 4.78 is 10.7. The molecule has 0 radical (unpaired) electrons. The minimum absolute atomic E-state index is 0.0523. The van der Waals surface area contributed by atoms with E-state index in [1.807, 2.05) is 48.5 Å². The number of hydrogen-bond acceptors (Lipinski definition) is 4. The standard InChI is InChI=1S/C11H22O2.C6H12O2.2C2H6/c1-8-5-9(7-12)6-10(8)13-11(2,3)4;1-5(7)8-6(2,3)4;2*1-2/h8-10,12H,5-7H2,1-4H3;1-4H3;2*1-2H3/t8-,9+,10+;;;/m1.../s1. The quantitative estimate of drug-likeness (QED) is 0.649. The van der Waals surface area contributed by atoms with Gasteiger partial charge in [-0.25, -0.2) is 0 Å². The van der Waals surface area contributed by atoms with Crippen LogP contribution >= 0.6 is 0 Å². The molecule has 4 nitrogen and oxygen atoms in total. The van der Waals surface area contributed by atoms with Crippen molar-refractivity contribution in [1.29, 1.82) is 0 Å². The van der Waals surface area contributed by atoms with Crippen LogP contribution in [0.3, 0.4) is 0 Å². The zero-order valence-electron chi connectivity index (χ0n) is 19.0. The van der Waals surface area contributed by atoms with E-state index in [0.29, 0.717) is 24.5 Å². The van der Waals surface area contributed by atoms with E-state index in [9.17, 15) is 4.79 Å². The number of esters is 1. The highest BCUT2D eigenvalue weighted by Crippen LogP contribution is 2.34. The summed E-state index contributed by atoms with van der Waals surface area (Å²) in [6.07, 6.45) is 2.48.